The standard InChI is InChI=1S/C14H14ClFN4/c1-8-4-5-10(16)6-11(8)20-12(7-15)17-13-9(2)18-19(3)14(13)20/h4-6H,7H2,1-3H3. The van der Waals surface area contributed by atoms with E-state index in [4.69, 9.17) is 11.6 Å². The van der Waals surface area contributed by atoms with Gasteiger partial charge in [0.15, 0.2) is 5.65 Å². The van der Waals surface area contributed by atoms with Gasteiger partial charge >= 0.3 is 0 Å². The number of aromatic nitrogens is 4. The lowest BCUT2D eigenvalue weighted by Crippen LogP contribution is -2.06. The molecule has 104 valence electrons. The van der Waals surface area contributed by atoms with E-state index in [0.717, 1.165) is 28.1 Å². The molecular formula is C14H14ClFN4. The summed E-state index contributed by atoms with van der Waals surface area (Å²) in [4.78, 5) is 4.52. The summed E-state index contributed by atoms with van der Waals surface area (Å²) in [5, 5.41) is 4.36. The Balaban J connectivity index is 2.42. The maximum absolute atomic E-state index is 13.6. The largest absolute Gasteiger partial charge is 0.280 e. The number of halogens is 2. The van der Waals surface area contributed by atoms with Crippen LogP contribution in [-0.4, -0.2) is 19.3 Å². The van der Waals surface area contributed by atoms with Crippen molar-refractivity contribution in [3.8, 4) is 5.69 Å². The number of imidazole rings is 1. The summed E-state index contributed by atoms with van der Waals surface area (Å²) in [6.45, 7) is 3.83. The zero-order chi connectivity index (χ0) is 14.4. The Labute approximate surface area is 120 Å². The maximum Gasteiger partial charge on any atom is 0.163 e. The molecule has 0 aliphatic heterocycles. The van der Waals surface area contributed by atoms with Crippen LogP contribution >= 0.6 is 11.6 Å². The SMILES string of the molecule is Cc1ccc(F)cc1-n1c(CCl)nc2c(C)nn(C)c21. The Morgan fingerprint density at radius 3 is 2.75 bits per heavy atom. The Morgan fingerprint density at radius 2 is 2.05 bits per heavy atom. The minimum absolute atomic E-state index is 0.254. The fourth-order valence-electron chi connectivity index (χ4n) is 2.48. The van der Waals surface area contributed by atoms with Crippen molar-refractivity contribution < 1.29 is 4.39 Å². The van der Waals surface area contributed by atoms with Gasteiger partial charge < -0.3 is 0 Å². The lowest BCUT2D eigenvalue weighted by molar-refractivity contribution is 0.625. The molecule has 0 bridgehead atoms. The van der Waals surface area contributed by atoms with Crippen molar-refractivity contribution in [1.29, 1.82) is 0 Å². The molecule has 0 N–H and O–H groups in total. The van der Waals surface area contributed by atoms with Gasteiger partial charge in [-0.3, -0.25) is 4.57 Å². The van der Waals surface area contributed by atoms with Crippen molar-refractivity contribution in [3.63, 3.8) is 0 Å². The molecular weight excluding hydrogens is 279 g/mol. The summed E-state index contributed by atoms with van der Waals surface area (Å²) < 4.78 is 17.2. The second-order valence-corrected chi connectivity index (χ2v) is 5.08. The van der Waals surface area contributed by atoms with Gasteiger partial charge in [-0.25, -0.2) is 14.1 Å². The van der Waals surface area contributed by atoms with Crippen molar-refractivity contribution in [3.05, 3.63) is 41.1 Å². The lowest BCUT2D eigenvalue weighted by Gasteiger charge is -2.11. The van der Waals surface area contributed by atoms with E-state index in [0.29, 0.717) is 5.82 Å². The van der Waals surface area contributed by atoms with Crippen LogP contribution in [0.15, 0.2) is 18.2 Å². The highest BCUT2D eigenvalue weighted by Crippen LogP contribution is 2.26. The van der Waals surface area contributed by atoms with Crippen molar-refractivity contribution in [2.45, 2.75) is 19.7 Å². The molecule has 2 aromatic heterocycles. The number of hydrogen-bond acceptors (Lipinski definition) is 2. The second-order valence-electron chi connectivity index (χ2n) is 4.81. The average molecular weight is 293 g/mol. The van der Waals surface area contributed by atoms with E-state index in [1.165, 1.54) is 12.1 Å². The van der Waals surface area contributed by atoms with E-state index in [9.17, 15) is 4.39 Å². The summed E-state index contributed by atoms with van der Waals surface area (Å²) in [7, 11) is 1.85. The van der Waals surface area contributed by atoms with Crippen LogP contribution in [0, 0.1) is 19.7 Å². The fraction of sp³-hybridized carbons (Fsp3) is 0.286. The molecule has 0 spiro atoms. The molecule has 2 heterocycles. The summed E-state index contributed by atoms with van der Waals surface area (Å²) >= 11 is 6.00. The minimum Gasteiger partial charge on any atom is -0.280 e. The summed E-state index contributed by atoms with van der Waals surface area (Å²) in [6.07, 6.45) is 0. The summed E-state index contributed by atoms with van der Waals surface area (Å²) in [5.74, 6) is 0.655. The van der Waals surface area contributed by atoms with Gasteiger partial charge in [-0.15, -0.1) is 11.6 Å². The lowest BCUT2D eigenvalue weighted by atomic mass is 10.2. The van der Waals surface area contributed by atoms with E-state index >= 15 is 0 Å². The predicted octanol–water partition coefficient (Wildman–Crippen LogP) is 3.25. The molecule has 0 unspecified atom stereocenters. The summed E-state index contributed by atoms with van der Waals surface area (Å²) in [5.41, 5.74) is 4.16. The fourth-order valence-corrected chi connectivity index (χ4v) is 2.66. The highest BCUT2D eigenvalue weighted by atomic mass is 35.5. The third kappa shape index (κ3) is 1.81. The zero-order valence-electron chi connectivity index (χ0n) is 11.5. The van der Waals surface area contributed by atoms with Gasteiger partial charge in [0.1, 0.15) is 17.2 Å². The average Bonchev–Trinajstić information content (AvgIpc) is 2.92. The highest BCUT2D eigenvalue weighted by Gasteiger charge is 2.19. The molecule has 3 rings (SSSR count). The molecule has 3 aromatic rings. The monoisotopic (exact) mass is 292 g/mol. The Morgan fingerprint density at radius 1 is 1.30 bits per heavy atom. The summed E-state index contributed by atoms with van der Waals surface area (Å²) in [6, 6.07) is 4.69. The molecule has 0 atom stereocenters. The van der Waals surface area contributed by atoms with Gasteiger partial charge in [-0.05, 0) is 31.5 Å². The van der Waals surface area contributed by atoms with E-state index < -0.39 is 0 Å². The normalized spacial score (nSPS) is 11.4. The second kappa shape index (κ2) is 4.59. The number of rotatable bonds is 2. The highest BCUT2D eigenvalue weighted by molar-refractivity contribution is 6.17. The molecule has 0 fully saturated rings. The van der Waals surface area contributed by atoms with Crippen LogP contribution in [0.5, 0.6) is 0 Å². The zero-order valence-corrected chi connectivity index (χ0v) is 12.2. The molecule has 0 aliphatic carbocycles. The van der Waals surface area contributed by atoms with Crippen LogP contribution in [-0.2, 0) is 12.9 Å². The van der Waals surface area contributed by atoms with Crippen LogP contribution in [0.1, 0.15) is 17.1 Å². The first kappa shape index (κ1) is 13.1. The molecule has 0 saturated heterocycles. The minimum atomic E-state index is -0.285. The molecule has 1 aromatic carbocycles. The number of fused-ring (bicyclic) bond motifs is 1. The van der Waals surface area contributed by atoms with Gasteiger partial charge in [0.25, 0.3) is 0 Å². The molecule has 20 heavy (non-hydrogen) atoms. The number of benzene rings is 1. The maximum atomic E-state index is 13.6. The smallest absolute Gasteiger partial charge is 0.163 e. The Bertz CT molecular complexity index is 803. The van der Waals surface area contributed by atoms with E-state index in [1.54, 1.807) is 10.7 Å². The molecule has 4 nitrogen and oxygen atoms in total. The van der Waals surface area contributed by atoms with Crippen molar-refractivity contribution in [1.82, 2.24) is 19.3 Å². The third-order valence-corrected chi connectivity index (χ3v) is 3.64. The van der Waals surface area contributed by atoms with Crippen LogP contribution < -0.4 is 0 Å². The molecule has 0 amide bonds. The van der Waals surface area contributed by atoms with Gasteiger partial charge in [-0.1, -0.05) is 6.07 Å². The number of aryl methyl sites for hydroxylation is 3. The van der Waals surface area contributed by atoms with Crippen LogP contribution in [0.2, 0.25) is 0 Å². The van der Waals surface area contributed by atoms with E-state index in [1.807, 2.05) is 25.5 Å². The van der Waals surface area contributed by atoms with Gasteiger partial charge in [0, 0.05) is 7.05 Å². The number of alkyl halides is 1. The van der Waals surface area contributed by atoms with Gasteiger partial charge in [0.2, 0.25) is 0 Å². The Kier molecular flexibility index (Phi) is 3.01. The van der Waals surface area contributed by atoms with Crippen molar-refractivity contribution in [2.24, 2.45) is 7.05 Å². The van der Waals surface area contributed by atoms with Gasteiger partial charge in [0.05, 0.1) is 17.3 Å². The van der Waals surface area contributed by atoms with Gasteiger partial charge in [-0.2, -0.15) is 5.10 Å². The van der Waals surface area contributed by atoms with Crippen LogP contribution in [0.3, 0.4) is 0 Å². The first-order valence-corrected chi connectivity index (χ1v) is 6.79. The van der Waals surface area contributed by atoms with E-state index in [-0.39, 0.29) is 11.7 Å². The molecule has 0 aliphatic rings. The van der Waals surface area contributed by atoms with Crippen LogP contribution in [0.25, 0.3) is 16.9 Å². The topological polar surface area (TPSA) is 35.6 Å². The Hall–Kier alpha value is -1.88. The van der Waals surface area contributed by atoms with Crippen LogP contribution in [0.4, 0.5) is 4.39 Å². The first-order valence-electron chi connectivity index (χ1n) is 6.26. The van der Waals surface area contributed by atoms with Crippen molar-refractivity contribution >= 4 is 22.8 Å². The quantitative estimate of drug-likeness (QED) is 0.680. The molecule has 6 heteroatoms. The van der Waals surface area contributed by atoms with Crippen molar-refractivity contribution in [2.75, 3.05) is 0 Å². The molecule has 0 saturated carbocycles. The predicted molar refractivity (Wildman–Crippen MR) is 76.8 cm³/mol. The number of hydrogen-bond donors (Lipinski definition) is 0. The third-order valence-electron chi connectivity index (χ3n) is 3.40. The number of nitrogens with zero attached hydrogens (tertiary/aromatic N) is 4. The first-order chi connectivity index (χ1) is 9.52. The van der Waals surface area contributed by atoms with E-state index in [2.05, 4.69) is 10.1 Å². The molecule has 0 radical (unpaired) electrons.